The van der Waals surface area contributed by atoms with Crippen LogP contribution in [-0.4, -0.2) is 39.7 Å². The van der Waals surface area contributed by atoms with Gasteiger partial charge in [0.1, 0.15) is 17.5 Å². The molecular formula is C18H26N4O3. The minimum atomic E-state index is -0.671. The van der Waals surface area contributed by atoms with E-state index < -0.39 is 17.7 Å². The monoisotopic (exact) mass is 346 g/mol. The first-order valence-electron chi connectivity index (χ1n) is 8.35. The van der Waals surface area contributed by atoms with Crippen LogP contribution in [0.25, 0.3) is 11.0 Å². The van der Waals surface area contributed by atoms with Gasteiger partial charge in [-0.05, 0) is 39.8 Å². The van der Waals surface area contributed by atoms with Gasteiger partial charge in [0, 0.05) is 20.0 Å². The third kappa shape index (κ3) is 5.20. The number of fused-ring (bicyclic) bond motifs is 1. The Morgan fingerprint density at radius 3 is 2.60 bits per heavy atom. The Balaban J connectivity index is 1.83. The van der Waals surface area contributed by atoms with Crippen LogP contribution in [0.5, 0.6) is 0 Å². The number of benzene rings is 1. The van der Waals surface area contributed by atoms with E-state index in [1.165, 1.54) is 0 Å². The second kappa shape index (κ2) is 7.55. The van der Waals surface area contributed by atoms with Crippen LogP contribution < -0.4 is 10.6 Å². The third-order valence-electron chi connectivity index (χ3n) is 3.65. The van der Waals surface area contributed by atoms with Crippen LogP contribution in [0.3, 0.4) is 0 Å². The summed E-state index contributed by atoms with van der Waals surface area (Å²) in [5.41, 5.74) is 1.40. The maximum atomic E-state index is 12.1. The highest BCUT2D eigenvalue weighted by Gasteiger charge is 2.20. The Bertz CT molecular complexity index is 761. The van der Waals surface area contributed by atoms with Crippen molar-refractivity contribution in [2.24, 2.45) is 7.05 Å². The number of carbonyl (C=O) groups is 2. The molecule has 7 heteroatoms. The van der Waals surface area contributed by atoms with Crippen LogP contribution in [-0.2, 0) is 23.0 Å². The lowest BCUT2D eigenvalue weighted by Crippen LogP contribution is -2.46. The van der Waals surface area contributed by atoms with Gasteiger partial charge in [-0.15, -0.1) is 0 Å². The summed E-state index contributed by atoms with van der Waals surface area (Å²) in [6, 6.07) is 7.22. The molecule has 0 saturated carbocycles. The second-order valence-corrected chi connectivity index (χ2v) is 6.98. The van der Waals surface area contributed by atoms with E-state index in [2.05, 4.69) is 15.6 Å². The van der Waals surface area contributed by atoms with Crippen molar-refractivity contribution in [3.8, 4) is 0 Å². The van der Waals surface area contributed by atoms with Crippen LogP contribution in [0.4, 0.5) is 4.79 Å². The predicted octanol–water partition coefficient (Wildman–Crippen LogP) is 2.15. The Kier molecular flexibility index (Phi) is 5.66. The molecule has 0 radical (unpaired) electrons. The molecule has 1 aromatic heterocycles. The fourth-order valence-electron chi connectivity index (χ4n) is 2.42. The molecule has 2 aromatic rings. The van der Waals surface area contributed by atoms with E-state index in [0.717, 1.165) is 16.9 Å². The number of hydrogen-bond acceptors (Lipinski definition) is 4. The molecule has 1 unspecified atom stereocenters. The van der Waals surface area contributed by atoms with Crippen molar-refractivity contribution in [3.63, 3.8) is 0 Å². The molecule has 136 valence electrons. The lowest BCUT2D eigenvalue weighted by molar-refractivity contribution is -0.122. The number of amides is 2. The van der Waals surface area contributed by atoms with Crippen LogP contribution in [0.15, 0.2) is 24.3 Å². The quantitative estimate of drug-likeness (QED) is 0.869. The zero-order valence-electron chi connectivity index (χ0n) is 15.4. The molecule has 2 amide bonds. The molecule has 1 heterocycles. The molecule has 7 nitrogen and oxygen atoms in total. The van der Waals surface area contributed by atoms with Crippen LogP contribution in [0.2, 0.25) is 0 Å². The van der Waals surface area contributed by atoms with Gasteiger partial charge in [0.05, 0.1) is 11.0 Å². The number of nitrogens with zero attached hydrogens (tertiary/aromatic N) is 2. The van der Waals surface area contributed by atoms with Gasteiger partial charge in [-0.1, -0.05) is 12.1 Å². The molecule has 0 saturated heterocycles. The molecule has 2 rings (SSSR count). The summed E-state index contributed by atoms with van der Waals surface area (Å²) in [6.45, 7) is 7.38. The van der Waals surface area contributed by atoms with Crippen LogP contribution in [0, 0.1) is 0 Å². The summed E-state index contributed by atoms with van der Waals surface area (Å²) in [5, 5.41) is 5.33. The van der Waals surface area contributed by atoms with Crippen molar-refractivity contribution in [1.82, 2.24) is 20.2 Å². The summed E-state index contributed by atoms with van der Waals surface area (Å²) in [4.78, 5) is 28.3. The number of hydrogen-bond donors (Lipinski definition) is 2. The van der Waals surface area contributed by atoms with Crippen molar-refractivity contribution >= 4 is 23.0 Å². The van der Waals surface area contributed by atoms with Crippen molar-refractivity contribution in [2.45, 2.75) is 45.8 Å². The van der Waals surface area contributed by atoms with Gasteiger partial charge in [-0.3, -0.25) is 4.79 Å². The number of imidazole rings is 1. The fraction of sp³-hybridized carbons (Fsp3) is 0.500. The molecule has 1 atom stereocenters. The molecule has 2 N–H and O–H groups in total. The average molecular weight is 346 g/mol. The van der Waals surface area contributed by atoms with Gasteiger partial charge in [0.15, 0.2) is 0 Å². The van der Waals surface area contributed by atoms with Gasteiger partial charge in [0.25, 0.3) is 0 Å². The van der Waals surface area contributed by atoms with Crippen molar-refractivity contribution in [3.05, 3.63) is 30.1 Å². The lowest BCUT2D eigenvalue weighted by atomic mass is 10.2. The maximum absolute atomic E-state index is 12.1. The number of rotatable bonds is 5. The first-order valence-corrected chi connectivity index (χ1v) is 8.35. The normalized spacial score (nSPS) is 12.7. The zero-order chi connectivity index (χ0) is 18.6. The van der Waals surface area contributed by atoms with E-state index in [9.17, 15) is 9.59 Å². The summed E-state index contributed by atoms with van der Waals surface area (Å²) in [7, 11) is 1.96. The minimum absolute atomic E-state index is 0.260. The molecule has 1 aromatic carbocycles. The topological polar surface area (TPSA) is 85.2 Å². The number of alkyl carbamates (subject to hydrolysis) is 1. The number of para-hydroxylation sites is 2. The summed E-state index contributed by atoms with van der Waals surface area (Å²) < 4.78 is 7.16. The Labute approximate surface area is 147 Å². The van der Waals surface area contributed by atoms with E-state index in [-0.39, 0.29) is 5.91 Å². The number of aromatic nitrogens is 2. The van der Waals surface area contributed by atoms with E-state index in [4.69, 9.17) is 4.74 Å². The third-order valence-corrected chi connectivity index (χ3v) is 3.65. The van der Waals surface area contributed by atoms with E-state index in [1.54, 1.807) is 27.7 Å². The molecule has 0 spiro atoms. The Hall–Kier alpha value is -2.57. The summed E-state index contributed by atoms with van der Waals surface area (Å²) in [6.07, 6.45) is 0.00120. The Morgan fingerprint density at radius 1 is 1.28 bits per heavy atom. The molecular weight excluding hydrogens is 320 g/mol. The van der Waals surface area contributed by atoms with Gasteiger partial charge in [0.2, 0.25) is 5.91 Å². The van der Waals surface area contributed by atoms with Crippen molar-refractivity contribution in [2.75, 3.05) is 6.54 Å². The SMILES string of the molecule is CC(NC(=O)OC(C)(C)C)C(=O)NCCc1nc2ccccc2n1C. The molecule has 0 fully saturated rings. The minimum Gasteiger partial charge on any atom is -0.444 e. The molecule has 0 aliphatic heterocycles. The van der Waals surface area contributed by atoms with Crippen molar-refractivity contribution in [1.29, 1.82) is 0 Å². The second-order valence-electron chi connectivity index (χ2n) is 6.98. The standard InChI is InChI=1S/C18H26N4O3/c1-12(20-17(24)25-18(2,3)4)16(23)19-11-10-15-21-13-8-6-7-9-14(13)22(15)5/h6-9,12H,10-11H2,1-5H3,(H,19,23)(H,20,24). The number of nitrogens with one attached hydrogen (secondary N) is 2. The highest BCUT2D eigenvalue weighted by molar-refractivity contribution is 5.85. The largest absolute Gasteiger partial charge is 0.444 e. The van der Waals surface area contributed by atoms with Gasteiger partial charge >= 0.3 is 6.09 Å². The van der Waals surface area contributed by atoms with Crippen LogP contribution >= 0.6 is 0 Å². The van der Waals surface area contributed by atoms with Crippen LogP contribution in [0.1, 0.15) is 33.5 Å². The molecule has 0 aliphatic rings. The predicted molar refractivity (Wildman–Crippen MR) is 96.3 cm³/mol. The number of aryl methyl sites for hydroxylation is 1. The zero-order valence-corrected chi connectivity index (χ0v) is 15.4. The molecule has 25 heavy (non-hydrogen) atoms. The average Bonchev–Trinajstić information content (AvgIpc) is 2.82. The smallest absolute Gasteiger partial charge is 0.408 e. The Morgan fingerprint density at radius 2 is 1.96 bits per heavy atom. The fourth-order valence-corrected chi connectivity index (χ4v) is 2.42. The van der Waals surface area contributed by atoms with Gasteiger partial charge < -0.3 is 19.9 Å². The first kappa shape index (κ1) is 18.8. The van der Waals surface area contributed by atoms with Gasteiger partial charge in [-0.25, -0.2) is 9.78 Å². The van der Waals surface area contributed by atoms with Gasteiger partial charge in [-0.2, -0.15) is 0 Å². The lowest BCUT2D eigenvalue weighted by Gasteiger charge is -2.21. The maximum Gasteiger partial charge on any atom is 0.408 e. The number of ether oxygens (including phenoxy) is 1. The summed E-state index contributed by atoms with van der Waals surface area (Å²) in [5.74, 6) is 0.638. The highest BCUT2D eigenvalue weighted by atomic mass is 16.6. The first-order chi connectivity index (χ1) is 11.7. The molecule has 0 bridgehead atoms. The van der Waals surface area contributed by atoms with E-state index in [1.807, 2.05) is 35.9 Å². The van der Waals surface area contributed by atoms with E-state index in [0.29, 0.717) is 13.0 Å². The summed E-state index contributed by atoms with van der Waals surface area (Å²) >= 11 is 0. The molecule has 0 aliphatic carbocycles. The number of carbonyl (C=O) groups excluding carboxylic acids is 2. The van der Waals surface area contributed by atoms with E-state index >= 15 is 0 Å². The van der Waals surface area contributed by atoms with Crippen molar-refractivity contribution < 1.29 is 14.3 Å². The highest BCUT2D eigenvalue weighted by Crippen LogP contribution is 2.14.